The Bertz CT molecular complexity index is 775. The maximum Gasteiger partial charge on any atom is 0.233 e. The largest absolute Gasteiger partial charge is 1.00 e. The maximum absolute atomic E-state index is 5.97. The molecule has 0 N–H and O–H groups in total. The van der Waals surface area contributed by atoms with Crippen LogP contribution in [0.2, 0.25) is 5.02 Å². The highest BCUT2D eigenvalue weighted by atomic mass is 127. The van der Waals surface area contributed by atoms with Crippen molar-refractivity contribution in [3.63, 3.8) is 0 Å². The summed E-state index contributed by atoms with van der Waals surface area (Å²) in [5.74, 6) is 0.605. The summed E-state index contributed by atoms with van der Waals surface area (Å²) in [4.78, 5) is 4.50. The molecule has 0 amide bonds. The topological polar surface area (TPSA) is 29.9 Å². The third-order valence-corrected chi connectivity index (χ3v) is 3.63. The lowest BCUT2D eigenvalue weighted by Crippen LogP contribution is -3.00. The van der Waals surface area contributed by atoms with Crippen molar-refractivity contribution in [2.45, 2.75) is 19.9 Å². The zero-order chi connectivity index (χ0) is 14.1. The summed E-state index contributed by atoms with van der Waals surface area (Å²) in [5.41, 5.74) is 2.46. The number of aryl methyl sites for hydroxylation is 1. The van der Waals surface area contributed by atoms with Crippen molar-refractivity contribution in [1.82, 2.24) is 4.98 Å². The number of fused-ring (bicyclic) bond motifs is 1. The number of nitrogens with zero attached hydrogens (tertiary/aromatic N) is 2. The molecule has 0 aliphatic carbocycles. The minimum Gasteiger partial charge on any atom is -1.00 e. The van der Waals surface area contributed by atoms with E-state index >= 15 is 0 Å². The molecule has 0 saturated heterocycles. The van der Waals surface area contributed by atoms with E-state index in [2.05, 4.69) is 32.4 Å². The van der Waals surface area contributed by atoms with Crippen LogP contribution in [0.4, 0.5) is 0 Å². The van der Waals surface area contributed by atoms with Crippen molar-refractivity contribution in [3.05, 3.63) is 46.2 Å². The fraction of sp³-hybridized carbons (Fsp3) is 0.200. The lowest BCUT2D eigenvalue weighted by atomic mass is 10.3. The van der Waals surface area contributed by atoms with Crippen LogP contribution < -0.4 is 28.5 Å². The minimum absolute atomic E-state index is 0. The van der Waals surface area contributed by atoms with Crippen LogP contribution in [0.5, 0.6) is 0 Å². The van der Waals surface area contributed by atoms with Crippen LogP contribution in [0.1, 0.15) is 13.3 Å². The standard InChI is InChI=1S/C15H13BrClN2O.HI/c1-2-5-19-8-10(6-11(16)9-19)15-18-13-7-12(17)3-4-14(13)20-15;/h3-4,6-9H,2,5H2,1H3;1H/q+1;/p-1. The first-order chi connectivity index (χ1) is 9.65. The van der Waals surface area contributed by atoms with Gasteiger partial charge in [0.15, 0.2) is 18.0 Å². The van der Waals surface area contributed by atoms with Gasteiger partial charge in [-0.05, 0) is 40.2 Å². The van der Waals surface area contributed by atoms with Crippen molar-refractivity contribution >= 4 is 38.6 Å². The van der Waals surface area contributed by atoms with Crippen LogP contribution in [0.15, 0.2) is 45.5 Å². The first-order valence-corrected chi connectivity index (χ1v) is 7.59. The molecule has 0 saturated carbocycles. The molecule has 0 aliphatic heterocycles. The molecule has 3 nitrogen and oxygen atoms in total. The second-order valence-electron chi connectivity index (χ2n) is 4.61. The number of rotatable bonds is 3. The Morgan fingerprint density at radius 1 is 1.29 bits per heavy atom. The van der Waals surface area contributed by atoms with E-state index in [0.29, 0.717) is 10.9 Å². The average molecular weight is 480 g/mol. The smallest absolute Gasteiger partial charge is 0.233 e. The van der Waals surface area contributed by atoms with E-state index in [0.717, 1.165) is 34.1 Å². The normalized spacial score (nSPS) is 10.6. The van der Waals surface area contributed by atoms with Gasteiger partial charge in [-0.3, -0.25) is 0 Å². The molecule has 3 rings (SSSR count). The Kier molecular flexibility index (Phi) is 5.62. The van der Waals surface area contributed by atoms with Gasteiger partial charge in [0.1, 0.15) is 17.6 Å². The van der Waals surface area contributed by atoms with E-state index in [9.17, 15) is 0 Å². The van der Waals surface area contributed by atoms with E-state index in [-0.39, 0.29) is 24.0 Å². The number of benzene rings is 1. The fourth-order valence-corrected chi connectivity index (χ4v) is 2.80. The molecule has 0 spiro atoms. The summed E-state index contributed by atoms with van der Waals surface area (Å²) in [6.07, 6.45) is 5.16. The summed E-state index contributed by atoms with van der Waals surface area (Å²) in [6, 6.07) is 7.45. The zero-order valence-corrected chi connectivity index (χ0v) is 15.8. The summed E-state index contributed by atoms with van der Waals surface area (Å²) in [5, 5.41) is 0.660. The molecular weight excluding hydrogens is 466 g/mol. The zero-order valence-electron chi connectivity index (χ0n) is 11.3. The third kappa shape index (κ3) is 3.76. The molecule has 0 aliphatic rings. The summed E-state index contributed by atoms with van der Waals surface area (Å²) < 4.78 is 8.92. The minimum atomic E-state index is 0. The van der Waals surface area contributed by atoms with E-state index < -0.39 is 0 Å². The first-order valence-electron chi connectivity index (χ1n) is 6.42. The molecule has 0 fully saturated rings. The van der Waals surface area contributed by atoms with Gasteiger partial charge in [0.25, 0.3) is 0 Å². The lowest BCUT2D eigenvalue weighted by Gasteiger charge is -1.98. The highest BCUT2D eigenvalue weighted by Gasteiger charge is 2.13. The van der Waals surface area contributed by atoms with E-state index in [4.69, 9.17) is 16.0 Å². The van der Waals surface area contributed by atoms with Gasteiger partial charge in [-0.1, -0.05) is 18.5 Å². The van der Waals surface area contributed by atoms with Crippen molar-refractivity contribution in [2.75, 3.05) is 0 Å². The Hall–Kier alpha value is -0.660. The predicted octanol–water partition coefficient (Wildman–Crippen LogP) is 1.61. The maximum atomic E-state index is 5.97. The number of pyridine rings is 1. The monoisotopic (exact) mass is 478 g/mol. The van der Waals surface area contributed by atoms with Crippen LogP contribution in [-0.2, 0) is 6.54 Å². The molecule has 2 aromatic heterocycles. The van der Waals surface area contributed by atoms with Gasteiger partial charge in [-0.25, -0.2) is 9.55 Å². The van der Waals surface area contributed by atoms with Crippen LogP contribution in [0.25, 0.3) is 22.6 Å². The molecule has 110 valence electrons. The third-order valence-electron chi connectivity index (χ3n) is 2.97. The summed E-state index contributed by atoms with van der Waals surface area (Å²) in [7, 11) is 0. The fourth-order valence-electron chi connectivity index (χ4n) is 2.13. The van der Waals surface area contributed by atoms with Gasteiger partial charge in [0, 0.05) is 11.4 Å². The number of hydrogen-bond donors (Lipinski definition) is 0. The molecule has 1 aromatic carbocycles. The van der Waals surface area contributed by atoms with Gasteiger partial charge in [0.05, 0.1) is 4.47 Å². The van der Waals surface area contributed by atoms with Crippen LogP contribution >= 0.6 is 27.5 Å². The van der Waals surface area contributed by atoms with Gasteiger partial charge in [-0.2, -0.15) is 0 Å². The average Bonchev–Trinajstić information content (AvgIpc) is 2.81. The Morgan fingerprint density at radius 2 is 2.10 bits per heavy atom. The summed E-state index contributed by atoms with van der Waals surface area (Å²) >= 11 is 9.50. The van der Waals surface area contributed by atoms with Crippen LogP contribution in [0, 0.1) is 0 Å². The Morgan fingerprint density at radius 3 is 2.86 bits per heavy atom. The quantitative estimate of drug-likeness (QED) is 0.422. The van der Waals surface area contributed by atoms with Crippen LogP contribution in [0.3, 0.4) is 0 Å². The van der Waals surface area contributed by atoms with E-state index in [1.54, 1.807) is 6.07 Å². The Labute approximate surface area is 153 Å². The second-order valence-corrected chi connectivity index (χ2v) is 5.96. The van der Waals surface area contributed by atoms with Crippen molar-refractivity contribution in [1.29, 1.82) is 0 Å². The lowest BCUT2D eigenvalue weighted by molar-refractivity contribution is -0.697. The predicted molar refractivity (Wildman–Crippen MR) is 82.6 cm³/mol. The van der Waals surface area contributed by atoms with Crippen molar-refractivity contribution in [2.24, 2.45) is 0 Å². The second kappa shape index (κ2) is 7.07. The van der Waals surface area contributed by atoms with Gasteiger partial charge < -0.3 is 28.4 Å². The Balaban J connectivity index is 0.00000161. The highest BCUT2D eigenvalue weighted by Crippen LogP contribution is 2.26. The molecule has 0 bridgehead atoms. The molecule has 3 aromatic rings. The van der Waals surface area contributed by atoms with Gasteiger partial charge in [0.2, 0.25) is 5.89 Å². The molecular formula is C15H13BrClIN2O. The van der Waals surface area contributed by atoms with Gasteiger partial charge in [-0.15, -0.1) is 0 Å². The molecule has 0 radical (unpaired) electrons. The van der Waals surface area contributed by atoms with Gasteiger partial charge >= 0.3 is 0 Å². The molecule has 2 heterocycles. The number of halogens is 3. The SMILES string of the molecule is CCC[n+]1cc(Br)cc(-c2nc3cc(Cl)ccc3o2)c1.[I-]. The number of hydrogen-bond acceptors (Lipinski definition) is 2. The van der Waals surface area contributed by atoms with Crippen molar-refractivity contribution < 1.29 is 33.0 Å². The summed E-state index contributed by atoms with van der Waals surface area (Å²) in [6.45, 7) is 3.10. The van der Waals surface area contributed by atoms with E-state index in [1.165, 1.54) is 0 Å². The number of oxazole rings is 1. The molecule has 6 heteroatoms. The molecule has 21 heavy (non-hydrogen) atoms. The number of aromatic nitrogens is 2. The van der Waals surface area contributed by atoms with Crippen molar-refractivity contribution in [3.8, 4) is 11.5 Å². The molecule has 0 unspecified atom stereocenters. The van der Waals surface area contributed by atoms with E-state index in [1.807, 2.05) is 30.6 Å². The molecule has 0 atom stereocenters. The highest BCUT2D eigenvalue weighted by molar-refractivity contribution is 9.10. The van der Waals surface area contributed by atoms with Crippen LogP contribution in [-0.4, -0.2) is 4.98 Å². The first kappa shape index (κ1) is 16.7.